The molecule has 4 heterocycles. The molecular weight excluding hydrogens is 556 g/mol. The molecule has 8 nitrogen and oxygen atoms in total. The summed E-state index contributed by atoms with van der Waals surface area (Å²) in [5.74, 6) is 0.647. The smallest absolute Gasteiger partial charge is 0.305 e. The molecule has 0 amide bonds. The predicted molar refractivity (Wildman–Crippen MR) is 154 cm³/mol. The van der Waals surface area contributed by atoms with Crippen LogP contribution in [0.5, 0.6) is 11.6 Å². The summed E-state index contributed by atoms with van der Waals surface area (Å²) in [5.41, 5.74) is 1.61. The number of pyridine rings is 2. The number of aromatic nitrogens is 2. The number of methoxy groups -OCH3 is 1. The fraction of sp³-hybridized carbons (Fsp3) is 0.414. The third-order valence-electron chi connectivity index (χ3n) is 7.32. The Bertz CT molecular complexity index is 1310. The van der Waals surface area contributed by atoms with E-state index in [0.29, 0.717) is 45.6 Å². The zero-order valence-electron chi connectivity index (χ0n) is 22.3. The Labute approximate surface area is 243 Å². The molecule has 2 aromatic heterocycles. The monoisotopic (exact) mass is 587 g/mol. The van der Waals surface area contributed by atoms with Crippen LogP contribution in [-0.2, 0) is 16.1 Å². The number of ether oxygens (including phenoxy) is 2. The second kappa shape index (κ2) is 13.1. The molecule has 2 saturated heterocycles. The van der Waals surface area contributed by atoms with Gasteiger partial charge < -0.3 is 19.7 Å². The van der Waals surface area contributed by atoms with Gasteiger partial charge >= 0.3 is 5.97 Å². The minimum atomic E-state index is -0.528. The van der Waals surface area contributed by atoms with Crippen LogP contribution in [0.1, 0.15) is 24.8 Å². The lowest BCUT2D eigenvalue weighted by Crippen LogP contribution is -2.43. The largest absolute Gasteiger partial charge is 0.469 e. The Morgan fingerprint density at radius 2 is 1.80 bits per heavy atom. The number of esters is 1. The molecule has 0 radical (unpaired) electrons. The molecule has 0 aliphatic carbocycles. The van der Waals surface area contributed by atoms with Gasteiger partial charge in [0.2, 0.25) is 0 Å². The van der Waals surface area contributed by atoms with Crippen LogP contribution < -0.4 is 15.0 Å². The highest BCUT2D eigenvalue weighted by Gasteiger charge is 2.24. The highest BCUT2D eigenvalue weighted by Crippen LogP contribution is 2.33. The van der Waals surface area contributed by atoms with Crippen molar-refractivity contribution in [2.24, 2.45) is 5.92 Å². The first-order chi connectivity index (χ1) is 19.4. The summed E-state index contributed by atoms with van der Waals surface area (Å²) < 4.78 is 26.6. The van der Waals surface area contributed by atoms with E-state index in [2.05, 4.69) is 25.1 Å². The van der Waals surface area contributed by atoms with E-state index in [-0.39, 0.29) is 17.8 Å². The Hall–Kier alpha value is -2.98. The lowest BCUT2D eigenvalue weighted by molar-refractivity contribution is -0.142. The summed E-state index contributed by atoms with van der Waals surface area (Å²) in [6.45, 7) is 5.41. The van der Waals surface area contributed by atoms with Crippen molar-refractivity contribution in [3.05, 3.63) is 64.0 Å². The number of nitrogens with one attached hydrogen (secondary N) is 1. The topological polar surface area (TPSA) is 79.8 Å². The number of carbonyl (C=O) groups is 1. The van der Waals surface area contributed by atoms with Gasteiger partial charge in [0.15, 0.2) is 5.82 Å². The van der Waals surface area contributed by atoms with Gasteiger partial charge in [-0.25, -0.2) is 14.4 Å². The van der Waals surface area contributed by atoms with Crippen LogP contribution in [0.25, 0.3) is 11.3 Å². The number of benzene rings is 1. The second-order valence-electron chi connectivity index (χ2n) is 10.1. The number of halogens is 3. The van der Waals surface area contributed by atoms with E-state index in [1.54, 1.807) is 36.5 Å². The molecule has 0 bridgehead atoms. The van der Waals surface area contributed by atoms with Crippen molar-refractivity contribution in [2.45, 2.75) is 25.8 Å². The maximum Gasteiger partial charge on any atom is 0.305 e. The molecule has 11 heteroatoms. The number of carbonyl (C=O) groups excluding carboxylic acids is 1. The molecule has 40 heavy (non-hydrogen) atoms. The van der Waals surface area contributed by atoms with Gasteiger partial charge in [0.25, 0.3) is 5.88 Å². The Balaban J connectivity index is 1.38. The van der Waals surface area contributed by atoms with Crippen molar-refractivity contribution >= 4 is 35.0 Å². The Morgan fingerprint density at radius 1 is 1.07 bits per heavy atom. The molecule has 0 spiro atoms. The fourth-order valence-corrected chi connectivity index (χ4v) is 5.65. The maximum absolute atomic E-state index is 15.9. The van der Waals surface area contributed by atoms with Crippen LogP contribution in [0.4, 0.5) is 10.2 Å². The van der Waals surface area contributed by atoms with Crippen LogP contribution in [-0.4, -0.2) is 67.2 Å². The number of anilines is 1. The summed E-state index contributed by atoms with van der Waals surface area (Å²) in [6, 6.07) is 10.5. The molecule has 2 fully saturated rings. The van der Waals surface area contributed by atoms with Gasteiger partial charge in [-0.15, -0.1) is 0 Å². The third-order valence-corrected chi connectivity index (χ3v) is 7.76. The summed E-state index contributed by atoms with van der Waals surface area (Å²) in [4.78, 5) is 25.1. The summed E-state index contributed by atoms with van der Waals surface area (Å²) >= 11 is 12.5. The lowest BCUT2D eigenvalue weighted by Gasteiger charge is -2.31. The summed E-state index contributed by atoms with van der Waals surface area (Å²) in [7, 11) is 1.41. The number of likely N-dealkylation sites (tertiary alicyclic amines) is 1. The van der Waals surface area contributed by atoms with Crippen LogP contribution in [0.15, 0.2) is 42.6 Å². The molecule has 0 unspecified atom stereocenters. The average Bonchev–Trinajstić information content (AvgIpc) is 2.96. The van der Waals surface area contributed by atoms with Gasteiger partial charge in [0.1, 0.15) is 11.6 Å². The van der Waals surface area contributed by atoms with Gasteiger partial charge in [-0.3, -0.25) is 9.69 Å². The highest BCUT2D eigenvalue weighted by atomic mass is 35.5. The van der Waals surface area contributed by atoms with Gasteiger partial charge in [-0.05, 0) is 68.2 Å². The minimum Gasteiger partial charge on any atom is -0.469 e. The molecule has 2 aliphatic rings. The van der Waals surface area contributed by atoms with Crippen molar-refractivity contribution in [2.75, 3.05) is 51.3 Å². The number of nitrogens with zero attached hydrogens (tertiary/aromatic N) is 4. The molecule has 0 saturated carbocycles. The van der Waals surface area contributed by atoms with Crippen molar-refractivity contribution in [1.82, 2.24) is 20.2 Å². The van der Waals surface area contributed by atoms with E-state index in [1.165, 1.54) is 7.11 Å². The van der Waals surface area contributed by atoms with Gasteiger partial charge in [0, 0.05) is 60.3 Å². The fourth-order valence-electron chi connectivity index (χ4n) is 5.12. The van der Waals surface area contributed by atoms with Crippen LogP contribution in [0.2, 0.25) is 10.0 Å². The molecule has 212 valence electrons. The van der Waals surface area contributed by atoms with E-state index in [0.717, 1.165) is 57.9 Å². The normalized spacial score (nSPS) is 16.6. The van der Waals surface area contributed by atoms with Gasteiger partial charge in [-0.2, -0.15) is 0 Å². The lowest BCUT2D eigenvalue weighted by atomic mass is 9.93. The van der Waals surface area contributed by atoms with Crippen molar-refractivity contribution in [3.63, 3.8) is 0 Å². The Morgan fingerprint density at radius 3 is 2.45 bits per heavy atom. The summed E-state index contributed by atoms with van der Waals surface area (Å²) in [6.07, 6.45) is 3.68. The van der Waals surface area contributed by atoms with Gasteiger partial charge in [-0.1, -0.05) is 23.2 Å². The van der Waals surface area contributed by atoms with E-state index < -0.39 is 5.82 Å². The number of hydrogen-bond acceptors (Lipinski definition) is 8. The predicted octanol–water partition coefficient (Wildman–Crippen LogP) is 5.57. The molecule has 1 N–H and O–H groups in total. The van der Waals surface area contributed by atoms with Gasteiger partial charge in [0.05, 0.1) is 19.0 Å². The van der Waals surface area contributed by atoms with Crippen LogP contribution >= 0.6 is 23.2 Å². The molecule has 2 aliphatic heterocycles. The minimum absolute atomic E-state index is 0.138. The van der Waals surface area contributed by atoms with E-state index >= 15 is 4.39 Å². The van der Waals surface area contributed by atoms with Crippen molar-refractivity contribution in [3.8, 4) is 22.9 Å². The first kappa shape index (κ1) is 28.5. The summed E-state index contributed by atoms with van der Waals surface area (Å²) in [5, 5.41) is 4.24. The standard InChI is InChI=1S/C29H32Cl2FN5O3/c1-39-27(38)12-19-4-8-36(9-5-19)18-21-15-25(20-13-22(30)16-23(31)14-20)35-29(28(21)32)40-24-2-3-26(34-17-24)37-10-6-33-7-11-37/h2-3,13-17,19,33H,4-12,18H2,1H3. The highest BCUT2D eigenvalue weighted by molar-refractivity contribution is 6.35. The zero-order chi connectivity index (χ0) is 28.1. The molecular formula is C29H32Cl2FN5O3. The number of hydrogen-bond donors (Lipinski definition) is 1. The molecule has 5 rings (SSSR count). The maximum atomic E-state index is 15.9. The van der Waals surface area contributed by atoms with Crippen LogP contribution in [0.3, 0.4) is 0 Å². The third kappa shape index (κ3) is 7.20. The molecule has 3 aromatic rings. The Kier molecular flexibility index (Phi) is 9.36. The number of piperidine rings is 1. The molecule has 0 atom stereocenters. The zero-order valence-corrected chi connectivity index (χ0v) is 23.8. The number of rotatable bonds is 8. The average molecular weight is 589 g/mol. The molecule has 1 aromatic carbocycles. The van der Waals surface area contributed by atoms with Crippen molar-refractivity contribution < 1.29 is 18.7 Å². The number of piperazine rings is 1. The van der Waals surface area contributed by atoms with E-state index in [4.69, 9.17) is 32.7 Å². The van der Waals surface area contributed by atoms with E-state index in [9.17, 15) is 4.79 Å². The quantitative estimate of drug-likeness (QED) is 0.343. The first-order valence-electron chi connectivity index (χ1n) is 13.4. The second-order valence-corrected chi connectivity index (χ2v) is 11.0. The van der Waals surface area contributed by atoms with Crippen molar-refractivity contribution in [1.29, 1.82) is 0 Å². The van der Waals surface area contributed by atoms with E-state index in [1.807, 2.05) is 6.07 Å². The first-order valence-corrected chi connectivity index (χ1v) is 14.2. The van der Waals surface area contributed by atoms with Crippen LogP contribution in [0, 0.1) is 11.7 Å². The SMILES string of the molecule is COC(=O)CC1CCN(Cc2cc(-c3cc(Cl)cc(Cl)c3)nc(Oc3ccc(N4CCNCC4)nc3)c2F)CC1.